The summed E-state index contributed by atoms with van der Waals surface area (Å²) in [5.41, 5.74) is 9.26. The zero-order valence-corrected chi connectivity index (χ0v) is 25.8. The summed E-state index contributed by atoms with van der Waals surface area (Å²) >= 11 is 1.80. The molecule has 0 saturated carbocycles. The van der Waals surface area contributed by atoms with Gasteiger partial charge in [0, 0.05) is 23.0 Å². The number of anilines is 3. The average Bonchev–Trinajstić information content (AvgIpc) is 3.52. The first kappa shape index (κ1) is 26.6. The lowest BCUT2D eigenvalue weighted by Gasteiger charge is -2.26. The number of aromatic nitrogens is 1. The lowest BCUT2D eigenvalue weighted by atomic mass is 9.97. The van der Waals surface area contributed by atoms with Gasteiger partial charge in [-0.25, -0.2) is 0 Å². The van der Waals surface area contributed by atoms with Crippen molar-refractivity contribution in [3.63, 3.8) is 0 Å². The Labute approximate surface area is 271 Å². The molecule has 9 aromatic rings. The molecule has 0 atom stereocenters. The molecule has 0 fully saturated rings. The third kappa shape index (κ3) is 4.52. The topological polar surface area (TPSA) is 16.1 Å². The summed E-state index contributed by atoms with van der Waals surface area (Å²) in [4.78, 5) is 7.12. The zero-order chi connectivity index (χ0) is 30.5. The molecule has 0 unspecified atom stereocenters. The van der Waals surface area contributed by atoms with Crippen LogP contribution in [0.15, 0.2) is 170 Å². The first-order valence-electron chi connectivity index (χ1n) is 15.5. The van der Waals surface area contributed by atoms with Gasteiger partial charge in [-0.1, -0.05) is 115 Å². The zero-order valence-electron chi connectivity index (χ0n) is 25.0. The van der Waals surface area contributed by atoms with Gasteiger partial charge in [0.2, 0.25) is 0 Å². The standard InChI is InChI=1S/C43H28N2S/c1-2-8-29(9-3-1)30-19-23-35(24-20-30)45(40-13-6-12-38-42-41(46-43(38)40)14-7-27-44-42)36-25-21-31(22-26-36)34-18-17-33-16-15-32-10-4-5-11-37(32)39(33)28-34/h1-28H. The van der Waals surface area contributed by atoms with Crippen molar-refractivity contribution >= 4 is 70.2 Å². The van der Waals surface area contributed by atoms with Crippen LogP contribution in [0, 0.1) is 0 Å². The number of hydrogen-bond donors (Lipinski definition) is 0. The van der Waals surface area contributed by atoms with E-state index in [1.165, 1.54) is 58.6 Å². The van der Waals surface area contributed by atoms with Gasteiger partial charge in [0.05, 0.1) is 20.6 Å². The van der Waals surface area contributed by atoms with Crippen LogP contribution < -0.4 is 4.90 Å². The van der Waals surface area contributed by atoms with Crippen LogP contribution in [0.5, 0.6) is 0 Å². The van der Waals surface area contributed by atoms with Crippen LogP contribution in [0.2, 0.25) is 0 Å². The molecule has 7 aromatic carbocycles. The quantitative estimate of drug-likeness (QED) is 0.182. The van der Waals surface area contributed by atoms with Crippen molar-refractivity contribution in [2.24, 2.45) is 0 Å². The van der Waals surface area contributed by atoms with Crippen LogP contribution in [0.1, 0.15) is 0 Å². The van der Waals surface area contributed by atoms with E-state index in [4.69, 9.17) is 4.98 Å². The Morgan fingerprint density at radius 2 is 1.04 bits per heavy atom. The monoisotopic (exact) mass is 604 g/mol. The summed E-state index contributed by atoms with van der Waals surface area (Å²) in [5, 5.41) is 6.28. The van der Waals surface area contributed by atoms with Crippen molar-refractivity contribution in [2.45, 2.75) is 0 Å². The van der Waals surface area contributed by atoms with Gasteiger partial charge >= 0.3 is 0 Å². The highest BCUT2D eigenvalue weighted by Gasteiger charge is 2.19. The van der Waals surface area contributed by atoms with Crippen molar-refractivity contribution < 1.29 is 0 Å². The number of hydrogen-bond acceptors (Lipinski definition) is 3. The van der Waals surface area contributed by atoms with Crippen molar-refractivity contribution in [3.8, 4) is 22.3 Å². The molecule has 0 bridgehead atoms. The smallest absolute Gasteiger partial charge is 0.0889 e. The van der Waals surface area contributed by atoms with Crippen LogP contribution in [0.3, 0.4) is 0 Å². The second kappa shape index (κ2) is 11.0. The Morgan fingerprint density at radius 3 is 1.83 bits per heavy atom. The molecule has 0 amide bonds. The molecule has 9 rings (SSSR count). The van der Waals surface area contributed by atoms with Gasteiger partial charge < -0.3 is 4.90 Å². The molecule has 46 heavy (non-hydrogen) atoms. The molecule has 2 nitrogen and oxygen atoms in total. The molecule has 2 heterocycles. The lowest BCUT2D eigenvalue weighted by Crippen LogP contribution is -2.10. The van der Waals surface area contributed by atoms with E-state index < -0.39 is 0 Å². The highest BCUT2D eigenvalue weighted by atomic mass is 32.1. The minimum absolute atomic E-state index is 1.06. The summed E-state index contributed by atoms with van der Waals surface area (Å²) in [5.74, 6) is 0. The molecular formula is C43H28N2S. The van der Waals surface area contributed by atoms with Crippen LogP contribution >= 0.6 is 11.3 Å². The molecule has 216 valence electrons. The SMILES string of the molecule is c1ccc(-c2ccc(N(c3ccc(-c4ccc5ccc6ccccc6c5c4)cc3)c3cccc4c3sc3cccnc34)cc2)cc1. The van der Waals surface area contributed by atoms with E-state index in [1.54, 1.807) is 11.3 Å². The molecule has 0 aliphatic heterocycles. The second-order valence-corrected chi connectivity index (χ2v) is 12.7. The molecule has 0 aliphatic rings. The number of pyridine rings is 1. The molecule has 0 aliphatic carbocycles. The van der Waals surface area contributed by atoms with Gasteiger partial charge in [0.25, 0.3) is 0 Å². The molecule has 0 radical (unpaired) electrons. The van der Waals surface area contributed by atoms with Crippen LogP contribution in [-0.2, 0) is 0 Å². The van der Waals surface area contributed by atoms with Crippen LogP contribution in [0.25, 0.3) is 64.1 Å². The Kier molecular flexibility index (Phi) is 6.36. The maximum Gasteiger partial charge on any atom is 0.0889 e. The first-order chi connectivity index (χ1) is 22.8. The van der Waals surface area contributed by atoms with E-state index in [0.717, 1.165) is 22.6 Å². The number of fused-ring (bicyclic) bond motifs is 6. The Morgan fingerprint density at radius 1 is 0.435 bits per heavy atom. The van der Waals surface area contributed by atoms with Gasteiger partial charge in [-0.15, -0.1) is 11.3 Å². The minimum atomic E-state index is 1.06. The average molecular weight is 605 g/mol. The number of nitrogens with zero attached hydrogens (tertiary/aromatic N) is 2. The fourth-order valence-corrected chi connectivity index (χ4v) is 7.79. The van der Waals surface area contributed by atoms with Gasteiger partial charge in [0.15, 0.2) is 0 Å². The third-order valence-corrected chi connectivity index (χ3v) is 10.1. The summed E-state index contributed by atoms with van der Waals surface area (Å²) in [6.07, 6.45) is 1.88. The highest BCUT2D eigenvalue weighted by molar-refractivity contribution is 7.26. The predicted molar refractivity (Wildman–Crippen MR) is 198 cm³/mol. The second-order valence-electron chi connectivity index (χ2n) is 11.6. The van der Waals surface area contributed by atoms with E-state index in [2.05, 4.69) is 163 Å². The van der Waals surface area contributed by atoms with Gasteiger partial charge in [-0.3, -0.25) is 4.98 Å². The van der Waals surface area contributed by atoms with E-state index in [0.29, 0.717) is 0 Å². The van der Waals surface area contributed by atoms with E-state index in [-0.39, 0.29) is 0 Å². The van der Waals surface area contributed by atoms with Gasteiger partial charge in [0.1, 0.15) is 0 Å². The third-order valence-electron chi connectivity index (χ3n) is 8.91. The molecule has 3 heteroatoms. The fraction of sp³-hybridized carbons (Fsp3) is 0. The number of rotatable bonds is 5. The van der Waals surface area contributed by atoms with Gasteiger partial charge in [-0.05, 0) is 92.3 Å². The largest absolute Gasteiger partial charge is 0.309 e. The van der Waals surface area contributed by atoms with Gasteiger partial charge in [-0.2, -0.15) is 0 Å². The normalized spacial score (nSPS) is 11.5. The van der Waals surface area contributed by atoms with Crippen molar-refractivity contribution in [3.05, 3.63) is 170 Å². The van der Waals surface area contributed by atoms with Crippen LogP contribution in [0.4, 0.5) is 17.1 Å². The summed E-state index contributed by atoms with van der Waals surface area (Å²) in [6, 6.07) is 59.1. The summed E-state index contributed by atoms with van der Waals surface area (Å²) in [7, 11) is 0. The summed E-state index contributed by atoms with van der Waals surface area (Å²) in [6.45, 7) is 0. The highest BCUT2D eigenvalue weighted by Crippen LogP contribution is 2.44. The van der Waals surface area contributed by atoms with Crippen LogP contribution in [-0.4, -0.2) is 4.98 Å². The summed E-state index contributed by atoms with van der Waals surface area (Å²) < 4.78 is 2.43. The first-order valence-corrected chi connectivity index (χ1v) is 16.4. The Hall–Kier alpha value is -5.77. The van der Waals surface area contributed by atoms with Crippen molar-refractivity contribution in [1.29, 1.82) is 0 Å². The fourth-order valence-electron chi connectivity index (χ4n) is 6.63. The Bertz CT molecular complexity index is 2510. The maximum absolute atomic E-state index is 4.74. The number of benzene rings is 7. The Balaban J connectivity index is 1.17. The van der Waals surface area contributed by atoms with Crippen molar-refractivity contribution in [2.75, 3.05) is 4.90 Å². The van der Waals surface area contributed by atoms with Crippen molar-refractivity contribution in [1.82, 2.24) is 4.98 Å². The number of thiophene rings is 1. The molecule has 0 spiro atoms. The predicted octanol–water partition coefficient (Wildman–Crippen LogP) is 12.6. The molecular weight excluding hydrogens is 577 g/mol. The van der Waals surface area contributed by atoms with E-state index >= 15 is 0 Å². The van der Waals surface area contributed by atoms with E-state index in [1.807, 2.05) is 12.3 Å². The minimum Gasteiger partial charge on any atom is -0.309 e. The lowest BCUT2D eigenvalue weighted by molar-refractivity contribution is 1.30. The molecule has 0 saturated heterocycles. The molecule has 0 N–H and O–H groups in total. The van der Waals surface area contributed by atoms with E-state index in [9.17, 15) is 0 Å². The molecule has 2 aromatic heterocycles. The maximum atomic E-state index is 4.74.